The normalized spacial score (nSPS) is 20.7. The lowest BCUT2D eigenvalue weighted by molar-refractivity contribution is -0.134. The number of hydrogen-bond acceptors (Lipinski definition) is 3. The van der Waals surface area contributed by atoms with E-state index in [4.69, 9.17) is 22.1 Å². The number of rotatable bonds is 3. The van der Waals surface area contributed by atoms with E-state index in [0.717, 1.165) is 5.69 Å². The van der Waals surface area contributed by atoms with Crippen LogP contribution in [0.15, 0.2) is 24.3 Å². The lowest BCUT2D eigenvalue weighted by Crippen LogP contribution is -2.48. The number of carbonyl (C=O) groups excluding carboxylic acids is 1. The van der Waals surface area contributed by atoms with E-state index in [1.54, 1.807) is 17.0 Å². The maximum Gasteiger partial charge on any atom is 0.256 e. The maximum atomic E-state index is 12.1. The largest absolute Gasteiger partial charge is 0.366 e. The molecule has 0 spiro atoms. The molecule has 0 saturated carbocycles. The van der Waals surface area contributed by atoms with Gasteiger partial charge in [-0.2, -0.15) is 0 Å². The zero-order valence-corrected chi connectivity index (χ0v) is 10.2. The number of nitrogens with two attached hydrogens (primary N) is 1. The highest BCUT2D eigenvalue weighted by molar-refractivity contribution is 6.30. The summed E-state index contributed by atoms with van der Waals surface area (Å²) in [6.45, 7) is 1.53. The molecule has 92 valence electrons. The minimum Gasteiger partial charge on any atom is -0.366 e. The highest BCUT2D eigenvalue weighted by Gasteiger charge is 2.29. The fourth-order valence-corrected chi connectivity index (χ4v) is 2.08. The molecule has 1 atom stereocenters. The summed E-state index contributed by atoms with van der Waals surface area (Å²) in [5.41, 5.74) is 6.27. The molecular weight excluding hydrogens is 240 g/mol. The average Bonchev–Trinajstić information content (AvgIpc) is 2.32. The molecule has 1 saturated heterocycles. The van der Waals surface area contributed by atoms with Gasteiger partial charge in [-0.1, -0.05) is 17.7 Å². The van der Waals surface area contributed by atoms with E-state index < -0.39 is 6.10 Å². The summed E-state index contributed by atoms with van der Waals surface area (Å²) in [7, 11) is 0. The van der Waals surface area contributed by atoms with E-state index in [-0.39, 0.29) is 5.91 Å². The van der Waals surface area contributed by atoms with Crippen molar-refractivity contribution >= 4 is 23.2 Å². The molecule has 2 N–H and O–H groups in total. The van der Waals surface area contributed by atoms with Crippen molar-refractivity contribution in [1.82, 2.24) is 0 Å². The van der Waals surface area contributed by atoms with Crippen molar-refractivity contribution in [1.29, 1.82) is 0 Å². The van der Waals surface area contributed by atoms with Crippen molar-refractivity contribution in [2.24, 2.45) is 5.73 Å². The summed E-state index contributed by atoms with van der Waals surface area (Å²) in [5, 5.41) is 0.622. The van der Waals surface area contributed by atoms with Gasteiger partial charge in [0.1, 0.15) is 6.10 Å². The van der Waals surface area contributed by atoms with Gasteiger partial charge < -0.3 is 15.4 Å². The van der Waals surface area contributed by atoms with Crippen LogP contribution < -0.4 is 10.6 Å². The fourth-order valence-electron chi connectivity index (χ4n) is 1.90. The first-order valence-electron chi connectivity index (χ1n) is 5.61. The second kappa shape index (κ2) is 5.49. The van der Waals surface area contributed by atoms with Crippen LogP contribution in [0, 0.1) is 0 Å². The number of anilines is 1. The van der Waals surface area contributed by atoms with E-state index in [2.05, 4.69) is 0 Å². The molecule has 1 heterocycles. The van der Waals surface area contributed by atoms with Crippen LogP contribution in [0.3, 0.4) is 0 Å². The number of amides is 1. The minimum atomic E-state index is -0.423. The number of benzene rings is 1. The second-order valence-electron chi connectivity index (χ2n) is 3.91. The third kappa shape index (κ3) is 2.77. The lowest BCUT2D eigenvalue weighted by Gasteiger charge is -2.32. The monoisotopic (exact) mass is 254 g/mol. The smallest absolute Gasteiger partial charge is 0.256 e. The van der Waals surface area contributed by atoms with Crippen LogP contribution >= 0.6 is 11.6 Å². The fraction of sp³-hybridized carbons (Fsp3) is 0.417. The minimum absolute atomic E-state index is 0.0380. The molecule has 0 aromatic heterocycles. The molecule has 1 aromatic carbocycles. The molecule has 17 heavy (non-hydrogen) atoms. The SMILES string of the molecule is NCCC1OCCN(c2cccc(Cl)c2)C1=O. The van der Waals surface area contributed by atoms with Crippen LogP contribution in [-0.4, -0.2) is 31.7 Å². The number of halogens is 1. The van der Waals surface area contributed by atoms with Crippen LogP contribution in [0.25, 0.3) is 0 Å². The first-order valence-corrected chi connectivity index (χ1v) is 5.99. The molecule has 0 bridgehead atoms. The number of carbonyl (C=O) groups is 1. The molecule has 2 rings (SSSR count). The van der Waals surface area contributed by atoms with Gasteiger partial charge in [0.15, 0.2) is 0 Å². The zero-order valence-electron chi connectivity index (χ0n) is 9.43. The predicted octanol–water partition coefficient (Wildman–Crippen LogP) is 1.42. The summed E-state index contributed by atoms with van der Waals surface area (Å²) >= 11 is 5.92. The Morgan fingerprint density at radius 3 is 3.06 bits per heavy atom. The number of hydrogen-bond donors (Lipinski definition) is 1. The van der Waals surface area contributed by atoms with Gasteiger partial charge in [-0.25, -0.2) is 0 Å². The van der Waals surface area contributed by atoms with Gasteiger partial charge in [0.2, 0.25) is 0 Å². The number of ether oxygens (including phenoxy) is 1. The average molecular weight is 255 g/mol. The Hall–Kier alpha value is -1.10. The van der Waals surface area contributed by atoms with E-state index in [1.807, 2.05) is 12.1 Å². The molecule has 1 amide bonds. The van der Waals surface area contributed by atoms with Gasteiger partial charge in [-0.05, 0) is 31.2 Å². The van der Waals surface area contributed by atoms with Crippen molar-refractivity contribution in [3.8, 4) is 0 Å². The zero-order chi connectivity index (χ0) is 12.3. The second-order valence-corrected chi connectivity index (χ2v) is 4.34. The Kier molecular flexibility index (Phi) is 3.99. The Morgan fingerprint density at radius 2 is 2.35 bits per heavy atom. The summed E-state index contributed by atoms with van der Waals surface area (Å²) < 4.78 is 5.41. The van der Waals surface area contributed by atoms with E-state index >= 15 is 0 Å². The molecule has 1 aliphatic heterocycles. The Bertz CT molecular complexity index is 409. The third-order valence-electron chi connectivity index (χ3n) is 2.72. The van der Waals surface area contributed by atoms with Crippen LogP contribution in [0.5, 0.6) is 0 Å². The first-order chi connectivity index (χ1) is 8.22. The molecular formula is C12H15ClN2O2. The van der Waals surface area contributed by atoms with Crippen molar-refractivity contribution in [2.45, 2.75) is 12.5 Å². The summed E-state index contributed by atoms with van der Waals surface area (Å²) in [6.07, 6.45) is 0.128. The Morgan fingerprint density at radius 1 is 1.53 bits per heavy atom. The Balaban J connectivity index is 2.17. The summed E-state index contributed by atoms with van der Waals surface area (Å²) in [6, 6.07) is 7.27. The van der Waals surface area contributed by atoms with Crippen LogP contribution in [0.4, 0.5) is 5.69 Å². The van der Waals surface area contributed by atoms with Gasteiger partial charge in [0.05, 0.1) is 6.61 Å². The molecule has 4 nitrogen and oxygen atoms in total. The summed E-state index contributed by atoms with van der Waals surface area (Å²) in [4.78, 5) is 13.8. The summed E-state index contributed by atoms with van der Waals surface area (Å²) in [5.74, 6) is -0.0380. The predicted molar refractivity (Wildman–Crippen MR) is 67.2 cm³/mol. The third-order valence-corrected chi connectivity index (χ3v) is 2.96. The molecule has 1 unspecified atom stereocenters. The van der Waals surface area contributed by atoms with Gasteiger partial charge >= 0.3 is 0 Å². The van der Waals surface area contributed by atoms with Crippen molar-refractivity contribution in [3.63, 3.8) is 0 Å². The topological polar surface area (TPSA) is 55.6 Å². The molecule has 0 aliphatic carbocycles. The number of morpholine rings is 1. The quantitative estimate of drug-likeness (QED) is 0.888. The van der Waals surface area contributed by atoms with Crippen molar-refractivity contribution in [3.05, 3.63) is 29.3 Å². The van der Waals surface area contributed by atoms with Crippen LogP contribution in [-0.2, 0) is 9.53 Å². The van der Waals surface area contributed by atoms with Crippen molar-refractivity contribution in [2.75, 3.05) is 24.6 Å². The highest BCUT2D eigenvalue weighted by atomic mass is 35.5. The van der Waals surface area contributed by atoms with Gasteiger partial charge in [-0.3, -0.25) is 4.79 Å². The van der Waals surface area contributed by atoms with E-state index in [9.17, 15) is 4.79 Å². The van der Waals surface area contributed by atoms with Gasteiger partial charge in [0.25, 0.3) is 5.91 Å². The molecule has 1 aromatic rings. The molecule has 1 fully saturated rings. The lowest BCUT2D eigenvalue weighted by atomic mass is 10.1. The molecule has 1 aliphatic rings. The van der Waals surface area contributed by atoms with E-state index in [1.165, 1.54) is 0 Å². The highest BCUT2D eigenvalue weighted by Crippen LogP contribution is 2.23. The molecule has 5 heteroatoms. The first kappa shape index (κ1) is 12.4. The maximum absolute atomic E-state index is 12.1. The molecule has 0 radical (unpaired) electrons. The van der Waals surface area contributed by atoms with Gasteiger partial charge in [0, 0.05) is 17.3 Å². The van der Waals surface area contributed by atoms with E-state index in [0.29, 0.717) is 31.1 Å². The van der Waals surface area contributed by atoms with Crippen molar-refractivity contribution < 1.29 is 9.53 Å². The standard InChI is InChI=1S/C12H15ClN2O2/c13-9-2-1-3-10(8-9)15-6-7-17-11(4-5-14)12(15)16/h1-3,8,11H,4-7,14H2. The van der Waals surface area contributed by atoms with Gasteiger partial charge in [-0.15, -0.1) is 0 Å². The number of nitrogens with zero attached hydrogens (tertiary/aromatic N) is 1. The van der Waals surface area contributed by atoms with Crippen LogP contribution in [0.2, 0.25) is 5.02 Å². The van der Waals surface area contributed by atoms with Crippen LogP contribution in [0.1, 0.15) is 6.42 Å². The Labute approximate surface area is 105 Å².